The van der Waals surface area contributed by atoms with Crippen LogP contribution in [-0.2, 0) is 9.53 Å². The molecule has 2 heterocycles. The molecule has 2 aliphatic rings. The van der Waals surface area contributed by atoms with E-state index in [2.05, 4.69) is 10.0 Å². The van der Waals surface area contributed by atoms with Crippen LogP contribution in [0.4, 0.5) is 8.78 Å². The molecule has 0 radical (unpaired) electrons. The number of halogens is 2. The molecule has 2 amide bonds. The lowest BCUT2D eigenvalue weighted by atomic mass is 9.97. The molecule has 0 unspecified atom stereocenters. The van der Waals surface area contributed by atoms with Gasteiger partial charge in [0.2, 0.25) is 0 Å². The molecular formula is C32H34F2N4O5. The highest BCUT2D eigenvalue weighted by molar-refractivity contribution is 6.04. The zero-order valence-electron chi connectivity index (χ0n) is 24.2. The topological polar surface area (TPSA) is 83.9 Å². The van der Waals surface area contributed by atoms with Crippen molar-refractivity contribution in [3.63, 3.8) is 0 Å². The smallest absolute Gasteiger partial charge is 0.262 e. The van der Waals surface area contributed by atoms with Crippen LogP contribution in [0.2, 0.25) is 0 Å². The number of rotatable bonds is 10. The number of hydrazone groups is 1. The van der Waals surface area contributed by atoms with Gasteiger partial charge in [-0.2, -0.15) is 5.10 Å². The first-order chi connectivity index (χ1) is 20.9. The molecule has 0 aliphatic carbocycles. The molecule has 3 aromatic rings. The molecule has 11 heteroatoms. The maximum Gasteiger partial charge on any atom is 0.262 e. The van der Waals surface area contributed by atoms with Crippen molar-refractivity contribution in [1.29, 1.82) is 0 Å². The fourth-order valence-corrected chi connectivity index (χ4v) is 5.30. The molecule has 1 saturated heterocycles. The van der Waals surface area contributed by atoms with E-state index in [1.807, 2.05) is 0 Å². The number of morpholine rings is 1. The summed E-state index contributed by atoms with van der Waals surface area (Å²) in [6.45, 7) is 3.04. The minimum Gasteiger partial charge on any atom is -0.493 e. The molecule has 0 N–H and O–H groups in total. The summed E-state index contributed by atoms with van der Waals surface area (Å²) in [5.41, 5.74) is 1.55. The highest BCUT2D eigenvalue weighted by Crippen LogP contribution is 2.37. The number of amides is 2. The van der Waals surface area contributed by atoms with E-state index in [1.165, 1.54) is 48.4 Å². The lowest BCUT2D eigenvalue weighted by Gasteiger charge is -2.31. The number of hydrogen-bond donors (Lipinski definition) is 0. The minimum atomic E-state index is -0.590. The van der Waals surface area contributed by atoms with Gasteiger partial charge < -0.3 is 19.1 Å². The third kappa shape index (κ3) is 7.00. The molecular weight excluding hydrogens is 558 g/mol. The number of methoxy groups -OCH3 is 2. The van der Waals surface area contributed by atoms with Crippen LogP contribution >= 0.6 is 0 Å². The van der Waals surface area contributed by atoms with E-state index in [1.54, 1.807) is 36.4 Å². The number of benzene rings is 3. The van der Waals surface area contributed by atoms with Crippen LogP contribution in [0.15, 0.2) is 71.8 Å². The molecule has 3 aromatic carbocycles. The van der Waals surface area contributed by atoms with Gasteiger partial charge in [-0.15, -0.1) is 0 Å². The predicted octanol–water partition coefficient (Wildman–Crippen LogP) is 4.13. The van der Waals surface area contributed by atoms with E-state index in [0.29, 0.717) is 61.2 Å². The third-order valence-electron chi connectivity index (χ3n) is 7.62. The van der Waals surface area contributed by atoms with Crippen molar-refractivity contribution in [2.75, 3.05) is 60.2 Å². The molecule has 1 atom stereocenters. The van der Waals surface area contributed by atoms with Crippen LogP contribution in [-0.4, -0.2) is 92.5 Å². The van der Waals surface area contributed by atoms with E-state index in [0.717, 1.165) is 6.07 Å². The number of ether oxygens (including phenoxy) is 3. The first-order valence-electron chi connectivity index (χ1n) is 14.1. The van der Waals surface area contributed by atoms with Gasteiger partial charge in [0.25, 0.3) is 11.8 Å². The summed E-state index contributed by atoms with van der Waals surface area (Å²) in [5, 5.41) is 5.90. The van der Waals surface area contributed by atoms with E-state index in [9.17, 15) is 18.4 Å². The second-order valence-electron chi connectivity index (χ2n) is 10.3. The second-order valence-corrected chi connectivity index (χ2v) is 10.3. The molecule has 2 aliphatic heterocycles. The number of carbonyl (C=O) groups excluding carboxylic acids is 2. The number of carbonyl (C=O) groups is 2. The molecule has 1 fully saturated rings. The summed E-state index contributed by atoms with van der Waals surface area (Å²) in [5.74, 6) is -0.931. The Morgan fingerprint density at radius 2 is 1.74 bits per heavy atom. The van der Waals surface area contributed by atoms with Crippen molar-refractivity contribution in [2.45, 2.75) is 12.5 Å². The van der Waals surface area contributed by atoms with Crippen molar-refractivity contribution in [3.05, 3.63) is 95.1 Å². The molecule has 0 aromatic heterocycles. The summed E-state index contributed by atoms with van der Waals surface area (Å²) >= 11 is 0. The van der Waals surface area contributed by atoms with Crippen LogP contribution in [0, 0.1) is 11.6 Å². The highest BCUT2D eigenvalue weighted by atomic mass is 19.1. The first kappa shape index (κ1) is 30.1. The van der Waals surface area contributed by atoms with Crippen LogP contribution in [0.3, 0.4) is 0 Å². The highest BCUT2D eigenvalue weighted by Gasteiger charge is 2.36. The van der Waals surface area contributed by atoms with Crippen molar-refractivity contribution in [1.82, 2.24) is 14.8 Å². The average Bonchev–Trinajstić information content (AvgIpc) is 3.48. The van der Waals surface area contributed by atoms with Gasteiger partial charge in [0, 0.05) is 43.7 Å². The Balaban J connectivity index is 1.45. The molecule has 43 heavy (non-hydrogen) atoms. The van der Waals surface area contributed by atoms with Gasteiger partial charge in [-0.25, -0.2) is 13.8 Å². The summed E-state index contributed by atoms with van der Waals surface area (Å²) in [6, 6.07) is 16.4. The van der Waals surface area contributed by atoms with Crippen LogP contribution in [0.5, 0.6) is 11.5 Å². The van der Waals surface area contributed by atoms with E-state index < -0.39 is 29.5 Å². The molecule has 9 nitrogen and oxygen atoms in total. The van der Waals surface area contributed by atoms with Gasteiger partial charge in [0.15, 0.2) is 11.5 Å². The third-order valence-corrected chi connectivity index (χ3v) is 7.62. The Hall–Kier alpha value is -4.35. The predicted molar refractivity (Wildman–Crippen MR) is 156 cm³/mol. The van der Waals surface area contributed by atoms with Gasteiger partial charge in [-0.05, 0) is 42.0 Å². The lowest BCUT2D eigenvalue weighted by Crippen LogP contribution is -2.46. The summed E-state index contributed by atoms with van der Waals surface area (Å²) < 4.78 is 45.1. The number of nitrogens with zero attached hydrogens (tertiary/aromatic N) is 4. The van der Waals surface area contributed by atoms with Gasteiger partial charge in [-0.1, -0.05) is 30.3 Å². The maximum atomic E-state index is 14.8. The summed E-state index contributed by atoms with van der Waals surface area (Å²) in [4.78, 5) is 31.1. The zero-order valence-corrected chi connectivity index (χ0v) is 24.2. The standard InChI is InChI=1S/C32H34F2N4O5/c1-41-29-11-10-22(19-30(29)42-2)28-20-27(25-8-3-4-9-26(25)34)35-38(28)31(39)21-37(13-12-36-14-16-43-17-15-36)32(40)23-6-5-7-24(33)18-23/h3-11,18-19,28H,12-17,20-21H2,1-2H3/t28-/m1/s1. The Morgan fingerprint density at radius 3 is 2.47 bits per heavy atom. The molecule has 0 spiro atoms. The molecule has 226 valence electrons. The van der Waals surface area contributed by atoms with Crippen molar-refractivity contribution >= 4 is 17.5 Å². The minimum absolute atomic E-state index is 0.142. The SMILES string of the molecule is COc1ccc([C@H]2CC(c3ccccc3F)=NN2C(=O)CN(CCN2CCOCC2)C(=O)c2cccc(F)c2)cc1OC. The second kappa shape index (κ2) is 13.7. The van der Waals surface area contributed by atoms with Gasteiger partial charge >= 0.3 is 0 Å². The van der Waals surface area contributed by atoms with E-state index in [-0.39, 0.29) is 25.1 Å². The Morgan fingerprint density at radius 1 is 0.977 bits per heavy atom. The van der Waals surface area contributed by atoms with Crippen molar-refractivity contribution in [2.24, 2.45) is 5.10 Å². The van der Waals surface area contributed by atoms with Gasteiger partial charge in [0.1, 0.15) is 18.2 Å². The van der Waals surface area contributed by atoms with Crippen molar-refractivity contribution < 1.29 is 32.6 Å². The molecule has 0 bridgehead atoms. The molecule has 5 rings (SSSR count). The monoisotopic (exact) mass is 592 g/mol. The number of hydrogen-bond acceptors (Lipinski definition) is 7. The van der Waals surface area contributed by atoms with Crippen LogP contribution < -0.4 is 9.47 Å². The van der Waals surface area contributed by atoms with Gasteiger partial charge in [-0.3, -0.25) is 14.5 Å². The zero-order chi connectivity index (χ0) is 30.3. The molecule has 0 saturated carbocycles. The fraction of sp³-hybridized carbons (Fsp3) is 0.344. The Labute approximate surface area is 249 Å². The van der Waals surface area contributed by atoms with Crippen LogP contribution in [0.25, 0.3) is 0 Å². The quantitative estimate of drug-likeness (QED) is 0.352. The largest absolute Gasteiger partial charge is 0.493 e. The Bertz CT molecular complexity index is 1490. The van der Waals surface area contributed by atoms with Crippen molar-refractivity contribution in [3.8, 4) is 11.5 Å². The van der Waals surface area contributed by atoms with Crippen LogP contribution in [0.1, 0.15) is 33.9 Å². The van der Waals surface area contributed by atoms with E-state index in [4.69, 9.17) is 14.2 Å². The summed E-state index contributed by atoms with van der Waals surface area (Å²) in [7, 11) is 3.05. The average molecular weight is 593 g/mol. The fourth-order valence-electron chi connectivity index (χ4n) is 5.30. The lowest BCUT2D eigenvalue weighted by molar-refractivity contribution is -0.133. The van der Waals surface area contributed by atoms with E-state index >= 15 is 0 Å². The maximum absolute atomic E-state index is 14.8. The normalized spacial score (nSPS) is 17.0. The first-order valence-corrected chi connectivity index (χ1v) is 14.1. The van der Waals surface area contributed by atoms with Gasteiger partial charge in [0.05, 0.1) is 39.2 Å². The Kier molecular flexibility index (Phi) is 9.63. The summed E-state index contributed by atoms with van der Waals surface area (Å²) in [6.07, 6.45) is 0.244.